The molecule has 34 heavy (non-hydrogen) atoms. The summed E-state index contributed by atoms with van der Waals surface area (Å²) in [6.07, 6.45) is 4.23. The number of hydrogen-bond acceptors (Lipinski definition) is 5. The van der Waals surface area contributed by atoms with Gasteiger partial charge in [0.25, 0.3) is 11.1 Å². The highest BCUT2D eigenvalue weighted by Crippen LogP contribution is 2.26. The summed E-state index contributed by atoms with van der Waals surface area (Å²) in [6.45, 7) is 10.4. The summed E-state index contributed by atoms with van der Waals surface area (Å²) in [5, 5.41) is 3.92. The summed E-state index contributed by atoms with van der Waals surface area (Å²) in [5.74, 6) is 1.19. The Kier molecular flexibility index (Phi) is 7.29. The van der Waals surface area contributed by atoms with Gasteiger partial charge in [-0.05, 0) is 37.0 Å². The predicted octanol–water partition coefficient (Wildman–Crippen LogP) is 1.36. The second-order valence-electron chi connectivity index (χ2n) is 9.16. The van der Waals surface area contributed by atoms with E-state index in [9.17, 15) is 9.59 Å². The van der Waals surface area contributed by atoms with Crippen molar-refractivity contribution in [3.05, 3.63) is 84.0 Å². The molecule has 2 unspecified atom stereocenters. The van der Waals surface area contributed by atoms with Gasteiger partial charge in [0.05, 0.1) is 18.9 Å². The molecule has 3 heterocycles. The third-order valence-corrected chi connectivity index (χ3v) is 6.20. The highest BCUT2D eigenvalue weighted by molar-refractivity contribution is 5.50. The smallest absolute Gasteiger partial charge is 0.272 e. The number of benzene rings is 1. The van der Waals surface area contributed by atoms with Gasteiger partial charge in [-0.25, -0.2) is 4.98 Å². The summed E-state index contributed by atoms with van der Waals surface area (Å²) >= 11 is 0. The number of hydrogen-bond donors (Lipinski definition) is 4. The molecular formula is C26H33N5O3. The fourth-order valence-corrected chi connectivity index (χ4v) is 4.42. The second kappa shape index (κ2) is 10.4. The molecule has 0 spiro atoms. The van der Waals surface area contributed by atoms with E-state index >= 15 is 0 Å². The lowest BCUT2D eigenvalue weighted by Gasteiger charge is -2.29. The maximum absolute atomic E-state index is 12.8. The molecule has 0 bridgehead atoms. The Morgan fingerprint density at radius 2 is 1.85 bits per heavy atom. The van der Waals surface area contributed by atoms with Gasteiger partial charge in [0.2, 0.25) is 0 Å². The van der Waals surface area contributed by atoms with Gasteiger partial charge in [0, 0.05) is 24.2 Å². The topological polar surface area (TPSA) is 116 Å². The molecule has 1 aromatic carbocycles. The van der Waals surface area contributed by atoms with Crippen molar-refractivity contribution >= 4 is 12.2 Å². The molecule has 1 aliphatic rings. The number of aryl methyl sites for hydroxylation is 1. The van der Waals surface area contributed by atoms with Gasteiger partial charge in [-0.1, -0.05) is 50.6 Å². The van der Waals surface area contributed by atoms with Crippen molar-refractivity contribution in [1.29, 1.82) is 0 Å². The number of H-pyrrole nitrogens is 3. The van der Waals surface area contributed by atoms with Crippen molar-refractivity contribution in [2.75, 3.05) is 19.8 Å². The van der Waals surface area contributed by atoms with Gasteiger partial charge in [0.1, 0.15) is 16.5 Å². The van der Waals surface area contributed by atoms with E-state index in [-0.39, 0.29) is 39.7 Å². The van der Waals surface area contributed by atoms with Crippen LogP contribution in [-0.2, 0) is 4.74 Å². The van der Waals surface area contributed by atoms with E-state index in [1.165, 1.54) is 0 Å². The Labute approximate surface area is 198 Å². The summed E-state index contributed by atoms with van der Waals surface area (Å²) in [5.41, 5.74) is 2.80. The highest BCUT2D eigenvalue weighted by atomic mass is 16.5. The lowest BCUT2D eigenvalue weighted by molar-refractivity contribution is 0.0664. The molecule has 4 N–H and O–H groups in total. The maximum Gasteiger partial charge on any atom is 0.272 e. The van der Waals surface area contributed by atoms with E-state index in [1.807, 2.05) is 31.2 Å². The molecule has 3 aromatic rings. The normalized spacial score (nSPS) is 18.6. The van der Waals surface area contributed by atoms with Gasteiger partial charge < -0.3 is 25.0 Å². The molecule has 1 saturated heterocycles. The van der Waals surface area contributed by atoms with Gasteiger partial charge in [-0.2, -0.15) is 0 Å². The fraction of sp³-hybridized carbons (Fsp3) is 0.423. The average Bonchev–Trinajstić information content (AvgIpc) is 3.22. The minimum absolute atomic E-state index is 0.156. The lowest BCUT2D eigenvalue weighted by atomic mass is 9.96. The van der Waals surface area contributed by atoms with Crippen LogP contribution in [0.1, 0.15) is 67.4 Å². The SMILES string of the molecule is CCC(c1nc(/C=c2\[nH]c(=O)/c(=C/c3cccc(C)c3)[nH]c2=O)c(C(C)C)[nH]1)C1COCCN1. The van der Waals surface area contributed by atoms with Crippen LogP contribution in [0.3, 0.4) is 0 Å². The van der Waals surface area contributed by atoms with E-state index in [1.54, 1.807) is 12.2 Å². The van der Waals surface area contributed by atoms with Crippen LogP contribution in [0, 0.1) is 6.92 Å². The summed E-state index contributed by atoms with van der Waals surface area (Å²) in [7, 11) is 0. The number of aromatic amines is 3. The quantitative estimate of drug-likeness (QED) is 0.441. The third-order valence-electron chi connectivity index (χ3n) is 6.20. The molecule has 0 radical (unpaired) electrons. The standard InChI is InChI=1S/C26H33N5O3/c1-5-18(22-14-34-10-9-27-22)24-28-19(23(31-24)15(2)3)13-21-26(33)29-20(25(32)30-21)12-17-8-6-7-16(4)11-17/h6-8,11-13,15,18,22,27H,5,9-10,14H2,1-4H3,(H,28,31)(H,29,33)(H,30,32)/b20-12-,21-13-. The Bertz CT molecular complexity index is 1380. The van der Waals surface area contributed by atoms with Crippen LogP contribution in [0.2, 0.25) is 0 Å². The number of rotatable bonds is 6. The Morgan fingerprint density at radius 1 is 1.12 bits per heavy atom. The van der Waals surface area contributed by atoms with Crippen LogP contribution in [-0.4, -0.2) is 45.7 Å². The van der Waals surface area contributed by atoms with Crippen LogP contribution in [0.5, 0.6) is 0 Å². The number of nitrogens with one attached hydrogen (secondary N) is 4. The molecule has 0 amide bonds. The zero-order valence-corrected chi connectivity index (χ0v) is 20.2. The van der Waals surface area contributed by atoms with E-state index in [0.717, 1.165) is 42.2 Å². The Balaban J connectivity index is 1.75. The molecule has 1 fully saturated rings. The predicted molar refractivity (Wildman–Crippen MR) is 134 cm³/mol. The van der Waals surface area contributed by atoms with Gasteiger partial charge in [0.15, 0.2) is 0 Å². The van der Waals surface area contributed by atoms with Crippen molar-refractivity contribution in [1.82, 2.24) is 25.3 Å². The van der Waals surface area contributed by atoms with Crippen molar-refractivity contribution in [2.24, 2.45) is 0 Å². The first-order valence-electron chi connectivity index (χ1n) is 11.9. The first-order valence-corrected chi connectivity index (χ1v) is 11.9. The number of aromatic nitrogens is 4. The summed E-state index contributed by atoms with van der Waals surface area (Å²) in [4.78, 5) is 39.4. The molecule has 8 heteroatoms. The monoisotopic (exact) mass is 463 g/mol. The molecule has 4 rings (SSSR count). The molecule has 2 atom stereocenters. The second-order valence-corrected chi connectivity index (χ2v) is 9.16. The third kappa shape index (κ3) is 5.29. The van der Waals surface area contributed by atoms with Crippen molar-refractivity contribution < 1.29 is 4.74 Å². The number of morpholine rings is 1. The van der Waals surface area contributed by atoms with Gasteiger partial charge >= 0.3 is 0 Å². The van der Waals surface area contributed by atoms with Crippen molar-refractivity contribution in [3.63, 3.8) is 0 Å². The number of ether oxygens (including phenoxy) is 1. The molecule has 2 aromatic heterocycles. The molecule has 8 nitrogen and oxygen atoms in total. The van der Waals surface area contributed by atoms with Crippen LogP contribution in [0.15, 0.2) is 33.9 Å². The minimum atomic E-state index is -0.368. The fourth-order valence-electron chi connectivity index (χ4n) is 4.42. The zero-order valence-electron chi connectivity index (χ0n) is 20.2. The first kappa shape index (κ1) is 23.9. The highest BCUT2D eigenvalue weighted by Gasteiger charge is 2.27. The van der Waals surface area contributed by atoms with Gasteiger partial charge in [-0.15, -0.1) is 0 Å². The molecule has 0 saturated carbocycles. The van der Waals surface area contributed by atoms with Gasteiger partial charge in [-0.3, -0.25) is 9.59 Å². The van der Waals surface area contributed by atoms with Crippen molar-refractivity contribution in [3.8, 4) is 0 Å². The van der Waals surface area contributed by atoms with Crippen LogP contribution >= 0.6 is 0 Å². The molecular weight excluding hydrogens is 430 g/mol. The molecule has 180 valence electrons. The summed E-state index contributed by atoms with van der Waals surface area (Å²) < 4.78 is 5.66. The van der Waals surface area contributed by atoms with E-state index in [4.69, 9.17) is 9.72 Å². The average molecular weight is 464 g/mol. The van der Waals surface area contributed by atoms with Crippen LogP contribution in [0.4, 0.5) is 0 Å². The van der Waals surface area contributed by atoms with E-state index < -0.39 is 0 Å². The van der Waals surface area contributed by atoms with Crippen molar-refractivity contribution in [2.45, 2.75) is 52.0 Å². The Morgan fingerprint density at radius 3 is 2.47 bits per heavy atom. The Hall–Kier alpha value is -3.23. The summed E-state index contributed by atoms with van der Waals surface area (Å²) in [6, 6.07) is 7.91. The van der Waals surface area contributed by atoms with Crippen LogP contribution < -0.4 is 27.1 Å². The van der Waals surface area contributed by atoms with E-state index in [2.05, 4.69) is 41.0 Å². The molecule has 1 aliphatic heterocycles. The minimum Gasteiger partial charge on any atom is -0.378 e. The number of nitrogens with zero attached hydrogens (tertiary/aromatic N) is 1. The largest absolute Gasteiger partial charge is 0.378 e. The zero-order chi connectivity index (χ0) is 24.2. The van der Waals surface area contributed by atoms with Crippen LogP contribution in [0.25, 0.3) is 12.2 Å². The van der Waals surface area contributed by atoms with E-state index in [0.29, 0.717) is 12.3 Å². The maximum atomic E-state index is 12.8. The lowest BCUT2D eigenvalue weighted by Crippen LogP contribution is -2.46. The molecule has 0 aliphatic carbocycles. The first-order chi connectivity index (χ1) is 16.4. The number of imidazole rings is 1.